The van der Waals surface area contributed by atoms with Crippen LogP contribution in [0.3, 0.4) is 0 Å². The van der Waals surface area contributed by atoms with Gasteiger partial charge in [0, 0.05) is 23.5 Å². The van der Waals surface area contributed by atoms with Gasteiger partial charge in [0.05, 0.1) is 16.5 Å². The van der Waals surface area contributed by atoms with E-state index in [1.807, 2.05) is 32.0 Å². The number of anilines is 1. The molecule has 0 bridgehead atoms. The Labute approximate surface area is 168 Å². The number of allylic oxidation sites excluding steroid dienone is 1. The summed E-state index contributed by atoms with van der Waals surface area (Å²) < 4.78 is 0. The highest BCUT2D eigenvalue weighted by molar-refractivity contribution is 7.80. The van der Waals surface area contributed by atoms with Gasteiger partial charge in [-0.3, -0.25) is 14.9 Å². The molecule has 0 unspecified atom stereocenters. The van der Waals surface area contributed by atoms with Crippen LogP contribution in [-0.2, 0) is 4.79 Å². The Bertz CT molecular complexity index is 1020. The van der Waals surface area contributed by atoms with E-state index in [4.69, 9.17) is 12.2 Å². The summed E-state index contributed by atoms with van der Waals surface area (Å²) >= 11 is 5.23. The van der Waals surface area contributed by atoms with Gasteiger partial charge in [-0.15, -0.1) is 0 Å². The molecule has 1 atom stereocenters. The summed E-state index contributed by atoms with van der Waals surface area (Å²) in [5, 5.41) is 20.4. The number of nitrogens with zero attached hydrogens (tertiary/aromatic N) is 1. The summed E-state index contributed by atoms with van der Waals surface area (Å²) in [4.78, 5) is 23.8. The standard InChI is InChI=1S/C20H20N4O3S/c1-11-7-8-16(12(2)9-11)22-19(25)17-13(3)21-20(28)23-18(17)14-5-4-6-15(10-14)24(26)27/h4-10,18H,1-3H3,(H,22,25)(H2,21,23,28)/t18-/m0/s1. The third kappa shape index (κ3) is 4.01. The molecule has 28 heavy (non-hydrogen) atoms. The number of thiocarbonyl (C=S) groups is 1. The van der Waals surface area contributed by atoms with Crippen LogP contribution in [-0.4, -0.2) is 15.9 Å². The van der Waals surface area contributed by atoms with Gasteiger partial charge in [-0.05, 0) is 50.2 Å². The van der Waals surface area contributed by atoms with Gasteiger partial charge in [0.15, 0.2) is 5.11 Å². The van der Waals surface area contributed by atoms with Crippen LogP contribution in [0.5, 0.6) is 0 Å². The lowest BCUT2D eigenvalue weighted by atomic mass is 9.94. The molecular weight excluding hydrogens is 376 g/mol. The molecule has 0 spiro atoms. The third-order valence-corrected chi connectivity index (χ3v) is 4.78. The Hall–Kier alpha value is -3.26. The van der Waals surface area contributed by atoms with Crippen molar-refractivity contribution in [3.05, 3.63) is 80.5 Å². The SMILES string of the molecule is CC1=C(C(=O)Nc2ccc(C)cc2C)[C@H](c2cccc([N+](=O)[O-])c2)NC(=S)N1. The van der Waals surface area contributed by atoms with E-state index >= 15 is 0 Å². The van der Waals surface area contributed by atoms with Crippen molar-refractivity contribution >= 4 is 34.6 Å². The average Bonchev–Trinajstić information content (AvgIpc) is 2.63. The zero-order chi connectivity index (χ0) is 20.4. The maximum atomic E-state index is 13.1. The highest BCUT2D eigenvalue weighted by Crippen LogP contribution is 2.30. The number of hydrogen-bond donors (Lipinski definition) is 3. The fourth-order valence-electron chi connectivity index (χ4n) is 3.21. The van der Waals surface area contributed by atoms with E-state index < -0.39 is 11.0 Å². The maximum absolute atomic E-state index is 13.1. The number of rotatable bonds is 4. The first-order valence-electron chi connectivity index (χ1n) is 8.67. The number of nitro groups is 1. The van der Waals surface area contributed by atoms with Crippen LogP contribution in [0.4, 0.5) is 11.4 Å². The monoisotopic (exact) mass is 396 g/mol. The second kappa shape index (κ2) is 7.77. The molecule has 0 radical (unpaired) electrons. The molecule has 1 aliphatic heterocycles. The van der Waals surface area contributed by atoms with Crippen molar-refractivity contribution in [2.45, 2.75) is 26.8 Å². The Morgan fingerprint density at radius 3 is 2.61 bits per heavy atom. The van der Waals surface area contributed by atoms with Crippen molar-refractivity contribution in [2.24, 2.45) is 0 Å². The van der Waals surface area contributed by atoms with Gasteiger partial charge >= 0.3 is 0 Å². The molecule has 0 aromatic heterocycles. The minimum Gasteiger partial charge on any atom is -0.351 e. The minimum absolute atomic E-state index is 0.0458. The molecular formula is C20H20N4O3S. The fraction of sp³-hybridized carbons (Fsp3) is 0.200. The zero-order valence-corrected chi connectivity index (χ0v) is 16.5. The molecule has 2 aromatic rings. The number of carbonyl (C=O) groups excluding carboxylic acids is 1. The third-order valence-electron chi connectivity index (χ3n) is 4.56. The Morgan fingerprint density at radius 2 is 1.93 bits per heavy atom. The second-order valence-corrected chi connectivity index (χ2v) is 7.10. The second-order valence-electron chi connectivity index (χ2n) is 6.69. The summed E-state index contributed by atoms with van der Waals surface area (Å²) in [6, 6.07) is 11.4. The van der Waals surface area contributed by atoms with E-state index in [1.165, 1.54) is 12.1 Å². The summed E-state index contributed by atoms with van der Waals surface area (Å²) in [5.41, 5.74) is 4.33. The average molecular weight is 396 g/mol. The molecule has 1 amide bonds. The summed E-state index contributed by atoms with van der Waals surface area (Å²) in [7, 11) is 0. The van der Waals surface area contributed by atoms with Gasteiger partial charge in [-0.25, -0.2) is 0 Å². The molecule has 1 heterocycles. The van der Waals surface area contributed by atoms with Crippen molar-refractivity contribution in [1.29, 1.82) is 0 Å². The summed E-state index contributed by atoms with van der Waals surface area (Å²) in [5.74, 6) is -0.302. The van der Waals surface area contributed by atoms with Crippen LogP contribution in [0, 0.1) is 24.0 Å². The smallest absolute Gasteiger partial charge is 0.269 e. The lowest BCUT2D eigenvalue weighted by Crippen LogP contribution is -2.45. The van der Waals surface area contributed by atoms with Crippen molar-refractivity contribution in [3.8, 4) is 0 Å². The summed E-state index contributed by atoms with van der Waals surface area (Å²) in [6.07, 6.45) is 0. The number of carbonyl (C=O) groups is 1. The minimum atomic E-state index is -0.598. The number of aryl methyl sites for hydroxylation is 2. The fourth-order valence-corrected chi connectivity index (χ4v) is 3.48. The first kappa shape index (κ1) is 19.5. The van der Waals surface area contributed by atoms with E-state index in [-0.39, 0.29) is 11.6 Å². The van der Waals surface area contributed by atoms with Gasteiger partial charge in [0.2, 0.25) is 0 Å². The highest BCUT2D eigenvalue weighted by atomic mass is 32.1. The summed E-state index contributed by atoms with van der Waals surface area (Å²) in [6.45, 7) is 5.67. The Balaban J connectivity index is 1.98. The molecule has 8 heteroatoms. The largest absolute Gasteiger partial charge is 0.351 e. The molecule has 1 aliphatic rings. The molecule has 144 valence electrons. The van der Waals surface area contributed by atoms with Crippen LogP contribution < -0.4 is 16.0 Å². The zero-order valence-electron chi connectivity index (χ0n) is 15.7. The van der Waals surface area contributed by atoms with Gasteiger partial charge in [0.1, 0.15) is 0 Å². The molecule has 2 aromatic carbocycles. The van der Waals surface area contributed by atoms with Crippen LogP contribution >= 0.6 is 12.2 Å². The predicted octanol–water partition coefficient (Wildman–Crippen LogP) is 3.64. The van der Waals surface area contributed by atoms with Gasteiger partial charge < -0.3 is 16.0 Å². The van der Waals surface area contributed by atoms with E-state index in [9.17, 15) is 14.9 Å². The first-order chi connectivity index (χ1) is 13.3. The Kier molecular flexibility index (Phi) is 5.41. The van der Waals surface area contributed by atoms with Gasteiger partial charge in [-0.1, -0.05) is 29.8 Å². The van der Waals surface area contributed by atoms with Crippen molar-refractivity contribution < 1.29 is 9.72 Å². The molecule has 0 saturated heterocycles. The van der Waals surface area contributed by atoms with E-state index in [2.05, 4.69) is 16.0 Å². The highest BCUT2D eigenvalue weighted by Gasteiger charge is 2.30. The number of nitro benzene ring substituents is 1. The predicted molar refractivity (Wildman–Crippen MR) is 112 cm³/mol. The molecule has 3 rings (SSSR count). The molecule has 0 saturated carbocycles. The maximum Gasteiger partial charge on any atom is 0.269 e. The van der Waals surface area contributed by atoms with Gasteiger partial charge in [0.25, 0.3) is 11.6 Å². The molecule has 0 fully saturated rings. The molecule has 0 aliphatic carbocycles. The Morgan fingerprint density at radius 1 is 1.18 bits per heavy atom. The topological polar surface area (TPSA) is 96.3 Å². The van der Waals surface area contributed by atoms with Gasteiger partial charge in [-0.2, -0.15) is 0 Å². The molecule has 7 nitrogen and oxygen atoms in total. The lowest BCUT2D eigenvalue weighted by Gasteiger charge is -2.30. The number of hydrogen-bond acceptors (Lipinski definition) is 4. The van der Waals surface area contributed by atoms with E-state index in [0.717, 1.165) is 11.1 Å². The van der Waals surface area contributed by atoms with E-state index in [1.54, 1.807) is 19.1 Å². The van der Waals surface area contributed by atoms with Crippen molar-refractivity contribution in [2.75, 3.05) is 5.32 Å². The van der Waals surface area contributed by atoms with Crippen molar-refractivity contribution in [1.82, 2.24) is 10.6 Å². The van der Waals surface area contributed by atoms with Crippen molar-refractivity contribution in [3.63, 3.8) is 0 Å². The number of benzene rings is 2. The number of non-ortho nitro benzene ring substituents is 1. The van der Waals surface area contributed by atoms with Crippen LogP contribution in [0.1, 0.15) is 29.7 Å². The van der Waals surface area contributed by atoms with E-state index in [0.29, 0.717) is 27.6 Å². The van der Waals surface area contributed by atoms with Crippen LogP contribution in [0.2, 0.25) is 0 Å². The normalized spacial score (nSPS) is 16.2. The van der Waals surface area contributed by atoms with Crippen LogP contribution in [0.15, 0.2) is 53.7 Å². The van der Waals surface area contributed by atoms with Crippen LogP contribution in [0.25, 0.3) is 0 Å². The molecule has 3 N–H and O–H groups in total. The lowest BCUT2D eigenvalue weighted by molar-refractivity contribution is -0.384. The quantitative estimate of drug-likeness (QED) is 0.415. The first-order valence-corrected chi connectivity index (χ1v) is 9.08. The number of amides is 1. The number of nitrogens with one attached hydrogen (secondary N) is 3.